The average molecular weight is 241 g/mol. The van der Waals surface area contributed by atoms with E-state index < -0.39 is 0 Å². The molecule has 2 heteroatoms. The van der Waals surface area contributed by atoms with Gasteiger partial charge in [-0.05, 0) is 54.3 Å². The first-order chi connectivity index (χ1) is 8.56. The average Bonchev–Trinajstić information content (AvgIpc) is 2.34. The molecule has 0 aromatic heterocycles. The van der Waals surface area contributed by atoms with Crippen LogP contribution in [0.5, 0.6) is 11.5 Å². The highest BCUT2D eigenvalue weighted by Crippen LogP contribution is 2.29. The lowest BCUT2D eigenvalue weighted by Crippen LogP contribution is -1.92. The normalized spacial score (nSPS) is 10.7. The molecular formula is C16H19NO. The molecule has 2 rings (SSSR count). The Balaban J connectivity index is 2.27. The van der Waals surface area contributed by atoms with Crippen molar-refractivity contribution < 1.29 is 4.74 Å². The third-order valence-corrected chi connectivity index (χ3v) is 2.99. The molecule has 0 aliphatic carbocycles. The topological polar surface area (TPSA) is 35.2 Å². The van der Waals surface area contributed by atoms with Crippen molar-refractivity contribution in [2.45, 2.75) is 26.7 Å². The standard InChI is InChI=1S/C16H19NO/c1-11(2)13-5-4-12(3)16(10-13)18-15-8-6-14(17)7-9-15/h4-11H,17H2,1-3H3. The number of rotatable bonds is 3. The zero-order valence-electron chi connectivity index (χ0n) is 11.1. The third kappa shape index (κ3) is 2.83. The van der Waals surface area contributed by atoms with Gasteiger partial charge in [-0.3, -0.25) is 0 Å². The van der Waals surface area contributed by atoms with Crippen LogP contribution in [0.3, 0.4) is 0 Å². The van der Waals surface area contributed by atoms with E-state index in [4.69, 9.17) is 10.5 Å². The molecule has 0 aliphatic heterocycles. The van der Waals surface area contributed by atoms with Gasteiger partial charge >= 0.3 is 0 Å². The maximum Gasteiger partial charge on any atom is 0.130 e. The van der Waals surface area contributed by atoms with Crippen molar-refractivity contribution in [1.82, 2.24) is 0 Å². The van der Waals surface area contributed by atoms with E-state index in [0.29, 0.717) is 5.92 Å². The summed E-state index contributed by atoms with van der Waals surface area (Å²) in [5, 5.41) is 0. The van der Waals surface area contributed by atoms with E-state index >= 15 is 0 Å². The maximum absolute atomic E-state index is 5.90. The molecule has 2 N–H and O–H groups in total. The number of nitrogens with two attached hydrogens (primary N) is 1. The van der Waals surface area contributed by atoms with Crippen molar-refractivity contribution in [3.63, 3.8) is 0 Å². The minimum absolute atomic E-state index is 0.499. The Kier molecular flexibility index (Phi) is 3.56. The number of benzene rings is 2. The summed E-state index contributed by atoms with van der Waals surface area (Å²) >= 11 is 0. The molecule has 2 aromatic carbocycles. The van der Waals surface area contributed by atoms with Crippen molar-refractivity contribution in [1.29, 1.82) is 0 Å². The molecule has 2 aromatic rings. The van der Waals surface area contributed by atoms with Crippen LogP contribution in [-0.2, 0) is 0 Å². The van der Waals surface area contributed by atoms with Gasteiger partial charge in [-0.1, -0.05) is 26.0 Å². The number of hydrogen-bond donors (Lipinski definition) is 1. The predicted molar refractivity (Wildman–Crippen MR) is 76.2 cm³/mol. The summed E-state index contributed by atoms with van der Waals surface area (Å²) in [7, 11) is 0. The Morgan fingerprint density at radius 2 is 1.67 bits per heavy atom. The van der Waals surface area contributed by atoms with E-state index in [0.717, 1.165) is 22.7 Å². The fourth-order valence-corrected chi connectivity index (χ4v) is 1.75. The molecule has 94 valence electrons. The second-order valence-electron chi connectivity index (χ2n) is 4.85. The molecule has 0 saturated carbocycles. The second-order valence-corrected chi connectivity index (χ2v) is 4.85. The first kappa shape index (κ1) is 12.5. The van der Waals surface area contributed by atoms with E-state index in [1.165, 1.54) is 5.56 Å². The highest BCUT2D eigenvalue weighted by Gasteiger charge is 2.05. The van der Waals surface area contributed by atoms with Crippen molar-refractivity contribution in [2.24, 2.45) is 0 Å². The van der Waals surface area contributed by atoms with Crippen LogP contribution >= 0.6 is 0 Å². The summed E-state index contributed by atoms with van der Waals surface area (Å²) < 4.78 is 5.90. The number of aryl methyl sites for hydroxylation is 1. The maximum atomic E-state index is 5.90. The van der Waals surface area contributed by atoms with E-state index in [1.54, 1.807) is 0 Å². The summed E-state index contributed by atoms with van der Waals surface area (Å²) in [6.07, 6.45) is 0. The number of anilines is 1. The predicted octanol–water partition coefficient (Wildman–Crippen LogP) is 4.49. The van der Waals surface area contributed by atoms with Crippen molar-refractivity contribution in [3.8, 4) is 11.5 Å². The van der Waals surface area contributed by atoms with E-state index in [-0.39, 0.29) is 0 Å². The number of ether oxygens (including phenoxy) is 1. The summed E-state index contributed by atoms with van der Waals surface area (Å²) in [5.74, 6) is 2.22. The van der Waals surface area contributed by atoms with Gasteiger partial charge in [0.2, 0.25) is 0 Å². The second kappa shape index (κ2) is 5.13. The lowest BCUT2D eigenvalue weighted by molar-refractivity contribution is 0.478. The quantitative estimate of drug-likeness (QED) is 0.803. The van der Waals surface area contributed by atoms with Crippen LogP contribution in [0.15, 0.2) is 42.5 Å². The SMILES string of the molecule is Cc1ccc(C(C)C)cc1Oc1ccc(N)cc1. The Labute approximate surface area is 108 Å². The largest absolute Gasteiger partial charge is 0.457 e. The van der Waals surface area contributed by atoms with Gasteiger partial charge in [0.15, 0.2) is 0 Å². The lowest BCUT2D eigenvalue weighted by Gasteiger charge is -2.12. The molecule has 0 spiro atoms. The van der Waals surface area contributed by atoms with E-state index in [9.17, 15) is 0 Å². The van der Waals surface area contributed by atoms with Crippen LogP contribution in [0.1, 0.15) is 30.9 Å². The molecule has 0 heterocycles. The Morgan fingerprint density at radius 1 is 1.00 bits per heavy atom. The summed E-state index contributed by atoms with van der Waals surface area (Å²) in [6, 6.07) is 13.8. The van der Waals surface area contributed by atoms with E-state index in [2.05, 4.69) is 39.0 Å². The Hall–Kier alpha value is -1.96. The first-order valence-electron chi connectivity index (χ1n) is 6.20. The van der Waals surface area contributed by atoms with Gasteiger partial charge in [-0.2, -0.15) is 0 Å². The van der Waals surface area contributed by atoms with Crippen LogP contribution < -0.4 is 10.5 Å². The molecule has 0 unspecified atom stereocenters. The molecule has 0 atom stereocenters. The molecule has 0 fully saturated rings. The molecule has 18 heavy (non-hydrogen) atoms. The number of hydrogen-bond acceptors (Lipinski definition) is 2. The minimum Gasteiger partial charge on any atom is -0.457 e. The van der Waals surface area contributed by atoms with Gasteiger partial charge in [-0.25, -0.2) is 0 Å². The van der Waals surface area contributed by atoms with Gasteiger partial charge in [0.05, 0.1) is 0 Å². The molecular weight excluding hydrogens is 222 g/mol. The highest BCUT2D eigenvalue weighted by atomic mass is 16.5. The van der Waals surface area contributed by atoms with Crippen LogP contribution in [0.2, 0.25) is 0 Å². The molecule has 0 aliphatic rings. The summed E-state index contributed by atoms with van der Waals surface area (Å²) in [5.41, 5.74) is 8.82. The van der Waals surface area contributed by atoms with Gasteiger partial charge in [0, 0.05) is 5.69 Å². The van der Waals surface area contributed by atoms with E-state index in [1.807, 2.05) is 24.3 Å². The van der Waals surface area contributed by atoms with Crippen LogP contribution in [0.4, 0.5) is 5.69 Å². The fourth-order valence-electron chi connectivity index (χ4n) is 1.75. The van der Waals surface area contributed by atoms with Crippen LogP contribution in [-0.4, -0.2) is 0 Å². The zero-order chi connectivity index (χ0) is 13.1. The minimum atomic E-state index is 0.499. The zero-order valence-corrected chi connectivity index (χ0v) is 11.1. The fraction of sp³-hybridized carbons (Fsp3) is 0.250. The Morgan fingerprint density at radius 3 is 2.28 bits per heavy atom. The molecule has 0 amide bonds. The third-order valence-electron chi connectivity index (χ3n) is 2.99. The molecule has 0 radical (unpaired) electrons. The lowest BCUT2D eigenvalue weighted by atomic mass is 10.0. The first-order valence-corrected chi connectivity index (χ1v) is 6.20. The number of nitrogen functional groups attached to an aromatic ring is 1. The van der Waals surface area contributed by atoms with Gasteiger partial charge in [0.1, 0.15) is 11.5 Å². The molecule has 2 nitrogen and oxygen atoms in total. The van der Waals surface area contributed by atoms with Crippen LogP contribution in [0, 0.1) is 6.92 Å². The van der Waals surface area contributed by atoms with Crippen molar-refractivity contribution >= 4 is 5.69 Å². The van der Waals surface area contributed by atoms with Gasteiger partial charge in [0.25, 0.3) is 0 Å². The van der Waals surface area contributed by atoms with Crippen molar-refractivity contribution in [3.05, 3.63) is 53.6 Å². The van der Waals surface area contributed by atoms with Gasteiger partial charge in [-0.15, -0.1) is 0 Å². The Bertz CT molecular complexity index is 529. The van der Waals surface area contributed by atoms with Gasteiger partial charge < -0.3 is 10.5 Å². The summed E-state index contributed by atoms with van der Waals surface area (Å²) in [4.78, 5) is 0. The van der Waals surface area contributed by atoms with Crippen molar-refractivity contribution in [2.75, 3.05) is 5.73 Å². The summed E-state index contributed by atoms with van der Waals surface area (Å²) in [6.45, 7) is 6.41. The van der Waals surface area contributed by atoms with Crippen LogP contribution in [0.25, 0.3) is 0 Å². The monoisotopic (exact) mass is 241 g/mol. The molecule has 0 bridgehead atoms. The smallest absolute Gasteiger partial charge is 0.130 e. The highest BCUT2D eigenvalue weighted by molar-refractivity contribution is 5.45. The molecule has 0 saturated heterocycles.